The average Bonchev–Trinajstić information content (AvgIpc) is 1.94. The van der Waals surface area contributed by atoms with E-state index in [1.165, 1.54) is 6.20 Å². The number of aromatic nitrogens is 1. The molecule has 1 heterocycles. The molecule has 0 bridgehead atoms. The zero-order valence-electron chi connectivity index (χ0n) is 4.64. The van der Waals surface area contributed by atoms with E-state index in [0.29, 0.717) is 5.15 Å². The van der Waals surface area contributed by atoms with Crippen molar-refractivity contribution in [3.05, 3.63) is 29.5 Å². The van der Waals surface area contributed by atoms with Crippen LogP contribution in [0, 0.1) is 6.07 Å². The van der Waals surface area contributed by atoms with E-state index in [9.17, 15) is 0 Å². The molecule has 44 valence electrons. The first-order valence-electron chi connectivity index (χ1n) is 2.14. The molecule has 1 aromatic rings. The van der Waals surface area contributed by atoms with Crippen molar-refractivity contribution in [1.29, 1.82) is 0 Å². The van der Waals surface area contributed by atoms with Crippen LogP contribution < -0.4 is 0 Å². The van der Waals surface area contributed by atoms with E-state index < -0.39 is 0 Å². The molecule has 0 atom stereocenters. The van der Waals surface area contributed by atoms with Crippen molar-refractivity contribution in [2.45, 2.75) is 0 Å². The third kappa shape index (κ3) is 4.83. The predicted molar refractivity (Wildman–Crippen MR) is 33.9 cm³/mol. The van der Waals surface area contributed by atoms with Crippen LogP contribution in [-0.2, 0) is 17.3 Å². The van der Waals surface area contributed by atoms with Gasteiger partial charge in [-0.2, -0.15) is 6.07 Å². The van der Waals surface area contributed by atoms with Crippen molar-refractivity contribution < 1.29 is 17.3 Å². The van der Waals surface area contributed by atoms with Crippen LogP contribution in [0.2, 0.25) is 5.15 Å². The summed E-state index contributed by atoms with van der Waals surface area (Å²) in [6.45, 7) is 0. The van der Waals surface area contributed by atoms with E-state index in [1.807, 2.05) is 0 Å². The molecule has 1 nitrogen and oxygen atoms in total. The standard InChI is InChI=1S/C5H3ClN.ClH.Zn/c6-5-3-1-2-4-7-5;;/h1,3-4H;1H;/q-1;;+2/p-1. The van der Waals surface area contributed by atoms with Gasteiger partial charge in [0, 0.05) is 5.15 Å². The summed E-state index contributed by atoms with van der Waals surface area (Å²) in [4.78, 5) is 3.69. The van der Waals surface area contributed by atoms with E-state index in [-0.39, 0.29) is 0 Å². The maximum atomic E-state index is 5.41. The molecule has 0 saturated carbocycles. The number of rotatable bonds is 0. The molecule has 0 N–H and O–H groups in total. The van der Waals surface area contributed by atoms with E-state index >= 15 is 0 Å². The summed E-state index contributed by atoms with van der Waals surface area (Å²) >= 11 is 6.26. The molecule has 0 aromatic carbocycles. The fraction of sp³-hybridized carbons (Fsp3) is 0. The van der Waals surface area contributed by atoms with Gasteiger partial charge >= 0.3 is 27.0 Å². The molecule has 0 fully saturated rings. The number of nitrogens with zero attached hydrogens (tertiary/aromatic N) is 1. The Morgan fingerprint density at radius 3 is 2.44 bits per heavy atom. The Kier molecular flexibility index (Phi) is 6.73. The topological polar surface area (TPSA) is 12.9 Å². The minimum absolute atomic E-state index is 0.513. The van der Waals surface area contributed by atoms with Gasteiger partial charge < -0.3 is 0 Å². The Morgan fingerprint density at radius 1 is 1.56 bits per heavy atom. The normalized spacial score (nSPS) is 7.56. The van der Waals surface area contributed by atoms with Crippen LogP contribution in [0.5, 0.6) is 0 Å². The second kappa shape index (κ2) is 6.47. The van der Waals surface area contributed by atoms with Crippen LogP contribution in [0.25, 0.3) is 0 Å². The molecule has 4 heteroatoms. The van der Waals surface area contributed by atoms with Gasteiger partial charge in [-0.15, -0.1) is 0 Å². The van der Waals surface area contributed by atoms with Crippen molar-refractivity contribution in [2.75, 3.05) is 0 Å². The third-order valence-corrected chi connectivity index (χ3v) is 0.803. The monoisotopic (exact) mass is 211 g/mol. The minimum atomic E-state index is 0.513. The van der Waals surface area contributed by atoms with Gasteiger partial charge in [0.25, 0.3) is 0 Å². The molecular formula is C5H3Cl2NZn. The van der Waals surface area contributed by atoms with Crippen LogP contribution in [0.1, 0.15) is 0 Å². The Bertz CT molecular complexity index is 145. The summed E-state index contributed by atoms with van der Waals surface area (Å²) in [7, 11) is 4.76. The number of hydrogen-bond donors (Lipinski definition) is 0. The Hall–Kier alpha value is 0.353. The van der Waals surface area contributed by atoms with Crippen molar-refractivity contribution in [3.63, 3.8) is 0 Å². The van der Waals surface area contributed by atoms with Gasteiger partial charge in [-0.1, -0.05) is 17.8 Å². The molecule has 0 radical (unpaired) electrons. The van der Waals surface area contributed by atoms with Gasteiger partial charge in [-0.25, -0.2) is 12.1 Å². The average molecular weight is 213 g/mol. The van der Waals surface area contributed by atoms with Gasteiger partial charge in [0.15, 0.2) is 0 Å². The van der Waals surface area contributed by atoms with Crippen LogP contribution >= 0.6 is 21.3 Å². The molecule has 0 aliphatic heterocycles. The Balaban J connectivity index is 0.000000291. The van der Waals surface area contributed by atoms with Gasteiger partial charge in [0.1, 0.15) is 0 Å². The molecule has 0 aliphatic carbocycles. The van der Waals surface area contributed by atoms with E-state index in [0.717, 1.165) is 17.3 Å². The van der Waals surface area contributed by atoms with E-state index in [1.54, 1.807) is 12.1 Å². The SMILES string of the molecule is Clc1cc[c-]cn1.[Cl][Zn+]. The summed E-state index contributed by atoms with van der Waals surface area (Å²) in [5.74, 6) is 0. The molecule has 1 rings (SSSR count). The molecular weight excluding hydrogens is 210 g/mol. The molecule has 9 heavy (non-hydrogen) atoms. The summed E-state index contributed by atoms with van der Waals surface area (Å²) in [6.07, 6.45) is 1.53. The number of hydrogen-bond acceptors (Lipinski definition) is 1. The summed E-state index contributed by atoms with van der Waals surface area (Å²) in [5.41, 5.74) is 0. The van der Waals surface area contributed by atoms with Crippen molar-refractivity contribution in [2.24, 2.45) is 0 Å². The predicted octanol–water partition coefficient (Wildman–Crippen LogP) is 2.22. The first-order chi connectivity index (χ1) is 4.39. The molecule has 0 aliphatic rings. The van der Waals surface area contributed by atoms with E-state index in [4.69, 9.17) is 21.3 Å². The maximum absolute atomic E-state index is 5.41. The van der Waals surface area contributed by atoms with Gasteiger partial charge in [0.05, 0.1) is 0 Å². The van der Waals surface area contributed by atoms with Crippen LogP contribution in [0.15, 0.2) is 18.3 Å². The van der Waals surface area contributed by atoms with Gasteiger partial charge in [-0.05, 0) is 0 Å². The zero-order chi connectivity index (χ0) is 7.11. The Labute approximate surface area is 73.1 Å². The van der Waals surface area contributed by atoms with Crippen molar-refractivity contribution in [3.8, 4) is 0 Å². The molecule has 0 unspecified atom stereocenters. The second-order valence-corrected chi connectivity index (χ2v) is 1.47. The molecule has 0 spiro atoms. The van der Waals surface area contributed by atoms with Gasteiger partial charge in [-0.3, -0.25) is 4.98 Å². The molecule has 0 amide bonds. The van der Waals surface area contributed by atoms with Gasteiger partial charge in [0.2, 0.25) is 0 Å². The first-order valence-corrected chi connectivity index (χ1v) is 6.41. The third-order valence-electron chi connectivity index (χ3n) is 0.580. The fourth-order valence-electron chi connectivity index (χ4n) is 0.302. The van der Waals surface area contributed by atoms with Crippen molar-refractivity contribution >= 4 is 21.3 Å². The van der Waals surface area contributed by atoms with Crippen LogP contribution in [0.3, 0.4) is 0 Å². The first kappa shape index (κ1) is 9.35. The quantitative estimate of drug-likeness (QED) is 0.366. The Morgan fingerprint density at radius 2 is 2.22 bits per heavy atom. The molecule has 0 saturated heterocycles. The fourth-order valence-corrected chi connectivity index (χ4v) is 0.414. The van der Waals surface area contributed by atoms with Crippen LogP contribution in [0.4, 0.5) is 0 Å². The molecule has 1 aromatic heterocycles. The number of halogens is 2. The number of pyridine rings is 1. The second-order valence-electron chi connectivity index (χ2n) is 1.08. The summed E-state index contributed by atoms with van der Waals surface area (Å²) in [6, 6.07) is 6.14. The zero-order valence-corrected chi connectivity index (χ0v) is 9.12. The summed E-state index contributed by atoms with van der Waals surface area (Å²) in [5, 5.41) is 0.513. The van der Waals surface area contributed by atoms with Crippen molar-refractivity contribution in [1.82, 2.24) is 4.98 Å². The van der Waals surface area contributed by atoms with Crippen LogP contribution in [-0.4, -0.2) is 4.98 Å². The van der Waals surface area contributed by atoms with E-state index in [2.05, 4.69) is 11.1 Å². The summed E-state index contributed by atoms with van der Waals surface area (Å²) < 4.78 is 0.